The van der Waals surface area contributed by atoms with Gasteiger partial charge >= 0.3 is 0 Å². The molecule has 8 heteroatoms. The lowest BCUT2D eigenvalue weighted by molar-refractivity contribution is -0.116. The number of hydrogen-bond acceptors (Lipinski definition) is 5. The van der Waals surface area contributed by atoms with Gasteiger partial charge in [0.15, 0.2) is 0 Å². The van der Waals surface area contributed by atoms with Gasteiger partial charge in [0.05, 0.1) is 6.04 Å². The van der Waals surface area contributed by atoms with Crippen molar-refractivity contribution in [3.8, 4) is 0 Å². The van der Waals surface area contributed by atoms with Gasteiger partial charge in [-0.1, -0.05) is 41.6 Å². The van der Waals surface area contributed by atoms with Gasteiger partial charge in [0, 0.05) is 5.69 Å². The molecule has 1 amide bonds. The number of halogens is 1. The number of aryl methyl sites for hydroxylation is 3. The molecule has 28 heavy (non-hydrogen) atoms. The molecule has 2 aromatic carbocycles. The molecule has 0 fully saturated rings. The van der Waals surface area contributed by atoms with E-state index in [-0.39, 0.29) is 17.8 Å². The van der Waals surface area contributed by atoms with Crippen molar-refractivity contribution in [1.82, 2.24) is 14.9 Å². The normalized spacial score (nSPS) is 18.3. The first-order valence-electron chi connectivity index (χ1n) is 8.91. The van der Waals surface area contributed by atoms with Crippen LogP contribution >= 0.6 is 11.8 Å². The zero-order valence-electron chi connectivity index (χ0n) is 15.7. The fraction of sp³-hybridized carbons (Fsp3) is 0.250. The minimum Gasteiger partial charge on any atom is -0.325 e. The topological polar surface area (TPSA) is 71.8 Å². The van der Waals surface area contributed by atoms with E-state index in [1.807, 2.05) is 39.0 Å². The summed E-state index contributed by atoms with van der Waals surface area (Å²) in [6, 6.07) is 11.7. The third-order valence-electron chi connectivity index (χ3n) is 4.73. The summed E-state index contributed by atoms with van der Waals surface area (Å²) >= 11 is 1.34. The smallest absolute Gasteiger partial charge is 0.240 e. The molecule has 0 bridgehead atoms. The first-order chi connectivity index (χ1) is 13.4. The van der Waals surface area contributed by atoms with Gasteiger partial charge in [-0.15, -0.1) is 10.2 Å². The van der Waals surface area contributed by atoms with E-state index in [4.69, 9.17) is 0 Å². The maximum absolute atomic E-state index is 13.4. The molecule has 0 aliphatic carbocycles. The van der Waals surface area contributed by atoms with Crippen molar-refractivity contribution in [3.05, 3.63) is 70.8 Å². The number of anilines is 1. The largest absolute Gasteiger partial charge is 0.325 e. The van der Waals surface area contributed by atoms with Crippen LogP contribution in [0, 0.1) is 26.6 Å². The van der Waals surface area contributed by atoms with Crippen LogP contribution in [0.5, 0.6) is 0 Å². The molecule has 1 aliphatic heterocycles. The van der Waals surface area contributed by atoms with Gasteiger partial charge in [0.25, 0.3) is 0 Å². The fourth-order valence-electron chi connectivity index (χ4n) is 3.24. The van der Waals surface area contributed by atoms with E-state index in [2.05, 4.69) is 20.9 Å². The lowest BCUT2D eigenvalue weighted by atomic mass is 10.0. The molecule has 4 rings (SSSR count). The Morgan fingerprint density at radius 3 is 2.61 bits per heavy atom. The third kappa shape index (κ3) is 3.47. The van der Waals surface area contributed by atoms with Crippen LogP contribution in [-0.4, -0.2) is 26.0 Å². The zero-order valence-corrected chi connectivity index (χ0v) is 16.5. The van der Waals surface area contributed by atoms with Crippen molar-refractivity contribution in [2.45, 2.75) is 37.2 Å². The van der Waals surface area contributed by atoms with Gasteiger partial charge in [-0.3, -0.25) is 4.79 Å². The Bertz CT molecular complexity index is 1030. The SMILES string of the molecule is Cc1ccc(NC(=O)[C@H]2Sc3nnc(C)n3N[C@H]2c2ccc(F)cc2)c(C)c1. The van der Waals surface area contributed by atoms with E-state index < -0.39 is 5.25 Å². The predicted molar refractivity (Wildman–Crippen MR) is 107 cm³/mol. The van der Waals surface area contributed by atoms with E-state index >= 15 is 0 Å². The van der Waals surface area contributed by atoms with Crippen LogP contribution in [0.25, 0.3) is 0 Å². The second-order valence-corrected chi connectivity index (χ2v) is 7.98. The molecule has 0 unspecified atom stereocenters. The number of amides is 1. The standard InChI is InChI=1S/C20H20FN5OS/c1-11-4-9-16(12(2)10-11)22-19(27)18-17(14-5-7-15(21)8-6-14)25-26-13(3)23-24-20(26)28-18/h4-10,17-18,25H,1-3H3,(H,22,27)/t17-,18-/m0/s1. The Balaban J connectivity index is 1.67. The fourth-order valence-corrected chi connectivity index (χ4v) is 4.36. The molecule has 2 heterocycles. The lowest BCUT2D eigenvalue weighted by Gasteiger charge is -2.32. The van der Waals surface area contributed by atoms with Gasteiger partial charge in [-0.25, -0.2) is 9.07 Å². The van der Waals surface area contributed by atoms with Crippen molar-refractivity contribution >= 4 is 23.4 Å². The molecule has 0 spiro atoms. The number of nitrogens with one attached hydrogen (secondary N) is 2. The Kier molecular flexibility index (Phi) is 4.80. The summed E-state index contributed by atoms with van der Waals surface area (Å²) < 4.78 is 15.2. The molecule has 2 N–H and O–H groups in total. The van der Waals surface area contributed by atoms with Gasteiger partial charge in [-0.05, 0) is 50.1 Å². The van der Waals surface area contributed by atoms with Crippen molar-refractivity contribution < 1.29 is 9.18 Å². The minimum atomic E-state index is -0.498. The average Bonchev–Trinajstić information content (AvgIpc) is 3.04. The van der Waals surface area contributed by atoms with Crippen LogP contribution in [-0.2, 0) is 4.79 Å². The van der Waals surface area contributed by atoms with Crippen molar-refractivity contribution in [3.63, 3.8) is 0 Å². The highest BCUT2D eigenvalue weighted by Crippen LogP contribution is 2.37. The molecule has 0 radical (unpaired) electrons. The Morgan fingerprint density at radius 1 is 1.14 bits per heavy atom. The molecule has 1 aromatic heterocycles. The molecule has 2 atom stereocenters. The number of carbonyl (C=O) groups is 1. The Morgan fingerprint density at radius 2 is 1.89 bits per heavy atom. The molecule has 1 aliphatic rings. The molecule has 0 saturated carbocycles. The summed E-state index contributed by atoms with van der Waals surface area (Å²) in [5.41, 5.74) is 7.03. The molecule has 144 valence electrons. The van der Waals surface area contributed by atoms with E-state index in [1.54, 1.807) is 16.8 Å². The first-order valence-corrected chi connectivity index (χ1v) is 9.79. The number of carbonyl (C=O) groups excluding carboxylic acids is 1. The van der Waals surface area contributed by atoms with E-state index in [9.17, 15) is 9.18 Å². The van der Waals surface area contributed by atoms with Gasteiger partial charge in [0.2, 0.25) is 11.1 Å². The molecular formula is C20H20FN5OS. The zero-order chi connectivity index (χ0) is 19.8. The molecule has 0 saturated heterocycles. The number of rotatable bonds is 3. The number of aromatic nitrogens is 3. The van der Waals surface area contributed by atoms with Crippen LogP contribution in [0.3, 0.4) is 0 Å². The van der Waals surface area contributed by atoms with Crippen molar-refractivity contribution in [2.75, 3.05) is 10.7 Å². The van der Waals surface area contributed by atoms with Crippen molar-refractivity contribution in [2.24, 2.45) is 0 Å². The Hall–Kier alpha value is -2.87. The van der Waals surface area contributed by atoms with Crippen LogP contribution in [0.1, 0.15) is 28.6 Å². The summed E-state index contributed by atoms with van der Waals surface area (Å²) in [6.45, 7) is 5.81. The van der Waals surface area contributed by atoms with Crippen LogP contribution in [0.4, 0.5) is 10.1 Å². The summed E-state index contributed by atoms with van der Waals surface area (Å²) in [5, 5.41) is 11.4. The number of benzene rings is 2. The highest BCUT2D eigenvalue weighted by molar-refractivity contribution is 8.00. The molecule has 3 aromatic rings. The summed E-state index contributed by atoms with van der Waals surface area (Å²) in [6.07, 6.45) is 0. The monoisotopic (exact) mass is 397 g/mol. The van der Waals surface area contributed by atoms with E-state index in [0.29, 0.717) is 11.0 Å². The highest BCUT2D eigenvalue weighted by Gasteiger charge is 2.37. The predicted octanol–water partition coefficient (Wildman–Crippen LogP) is 3.74. The van der Waals surface area contributed by atoms with Crippen molar-refractivity contribution in [1.29, 1.82) is 0 Å². The third-order valence-corrected chi connectivity index (χ3v) is 5.94. The maximum atomic E-state index is 13.4. The highest BCUT2D eigenvalue weighted by atomic mass is 32.2. The quantitative estimate of drug-likeness (QED) is 0.704. The number of nitrogens with zero attached hydrogens (tertiary/aromatic N) is 3. The van der Waals surface area contributed by atoms with Gasteiger partial charge < -0.3 is 10.7 Å². The Labute approximate surface area is 166 Å². The molecular weight excluding hydrogens is 377 g/mol. The number of fused-ring (bicyclic) bond motifs is 1. The number of hydrogen-bond donors (Lipinski definition) is 2. The van der Waals surface area contributed by atoms with Gasteiger partial charge in [-0.2, -0.15) is 0 Å². The lowest BCUT2D eigenvalue weighted by Crippen LogP contribution is -2.41. The van der Waals surface area contributed by atoms with Crippen LogP contribution < -0.4 is 10.7 Å². The first kappa shape index (κ1) is 18.5. The number of thioether (sulfide) groups is 1. The maximum Gasteiger partial charge on any atom is 0.240 e. The second-order valence-electron chi connectivity index (χ2n) is 6.87. The summed E-state index contributed by atoms with van der Waals surface area (Å²) in [5.74, 6) is 0.234. The van der Waals surface area contributed by atoms with E-state index in [0.717, 1.165) is 22.4 Å². The summed E-state index contributed by atoms with van der Waals surface area (Å²) in [7, 11) is 0. The summed E-state index contributed by atoms with van der Waals surface area (Å²) in [4.78, 5) is 13.2. The second kappa shape index (κ2) is 7.27. The van der Waals surface area contributed by atoms with E-state index in [1.165, 1.54) is 23.9 Å². The van der Waals surface area contributed by atoms with Gasteiger partial charge in [0.1, 0.15) is 16.9 Å². The van der Waals surface area contributed by atoms with Crippen LogP contribution in [0.2, 0.25) is 0 Å². The molecule has 6 nitrogen and oxygen atoms in total. The minimum absolute atomic E-state index is 0.148. The van der Waals surface area contributed by atoms with Crippen LogP contribution in [0.15, 0.2) is 47.6 Å². The average molecular weight is 397 g/mol.